The van der Waals surface area contributed by atoms with Crippen LogP contribution in [0.5, 0.6) is 0 Å². The molecule has 2 nitrogen and oxygen atoms in total. The zero-order valence-electron chi connectivity index (χ0n) is 29.1. The highest BCUT2D eigenvalue weighted by Gasteiger charge is 2.23. The number of benzene rings is 10. The summed E-state index contributed by atoms with van der Waals surface area (Å²) < 4.78 is 13.6. The molecule has 0 saturated heterocycles. The lowest BCUT2D eigenvalue weighted by atomic mass is 9.84. The molecule has 0 unspecified atom stereocenters. The van der Waals surface area contributed by atoms with Gasteiger partial charge in [-0.2, -0.15) is 0 Å². The minimum absolute atomic E-state index is 0.896. The summed E-state index contributed by atoms with van der Waals surface area (Å²) in [5, 5.41) is 14.0. The smallest absolute Gasteiger partial charge is 0.143 e. The van der Waals surface area contributed by atoms with Crippen molar-refractivity contribution in [3.05, 3.63) is 182 Å². The maximum atomic E-state index is 6.80. The third-order valence-corrected chi connectivity index (χ3v) is 11.4. The summed E-state index contributed by atoms with van der Waals surface area (Å²) in [6, 6.07) is 65.5. The second-order valence-corrected chi connectivity index (χ2v) is 14.3. The highest BCUT2D eigenvalue weighted by Crippen LogP contribution is 2.49. The summed E-state index contributed by atoms with van der Waals surface area (Å²) >= 11 is 0. The molecule has 0 spiro atoms. The molecule has 0 aliphatic carbocycles. The van der Waals surface area contributed by atoms with E-state index in [0.717, 1.165) is 66.1 Å². The maximum Gasteiger partial charge on any atom is 0.143 e. The summed E-state index contributed by atoms with van der Waals surface area (Å²) in [4.78, 5) is 0. The first-order valence-corrected chi connectivity index (χ1v) is 18.5. The predicted octanol–water partition coefficient (Wildman–Crippen LogP) is 15.1. The van der Waals surface area contributed by atoms with Gasteiger partial charge in [0.2, 0.25) is 0 Å². The predicted molar refractivity (Wildman–Crippen MR) is 227 cm³/mol. The first-order valence-electron chi connectivity index (χ1n) is 18.5. The minimum atomic E-state index is 0.896. The quantitative estimate of drug-likeness (QED) is 0.173. The first kappa shape index (κ1) is 29.4. The van der Waals surface area contributed by atoms with Crippen LogP contribution in [0.25, 0.3) is 120 Å². The minimum Gasteiger partial charge on any atom is -0.455 e. The standard InChI is InChI=1S/C52H30O2/c1-2-14-31(15-3-1)48-38-22-12-24-40(49-34-18-6-4-16-32(34)28-44-36-20-8-10-26-46(36)53-51(44)49)42(38)30-43-39(48)23-13-25-41(43)50-35-19-7-5-17-33(35)29-45-37-21-9-11-27-47(37)54-52(45)50/h1-30H. The molecule has 0 aliphatic heterocycles. The monoisotopic (exact) mass is 686 g/mol. The van der Waals surface area contributed by atoms with Crippen LogP contribution < -0.4 is 0 Å². The Bertz CT molecular complexity index is 3280. The third-order valence-electron chi connectivity index (χ3n) is 11.4. The Labute approximate surface area is 310 Å². The van der Waals surface area contributed by atoms with Crippen LogP contribution in [-0.2, 0) is 0 Å². The molecule has 0 saturated carbocycles. The second-order valence-electron chi connectivity index (χ2n) is 14.3. The lowest BCUT2D eigenvalue weighted by Crippen LogP contribution is -1.92. The van der Waals surface area contributed by atoms with E-state index < -0.39 is 0 Å². The van der Waals surface area contributed by atoms with Gasteiger partial charge in [-0.1, -0.05) is 152 Å². The normalized spacial score (nSPS) is 12.1. The molecule has 0 radical (unpaired) electrons. The van der Waals surface area contributed by atoms with Crippen molar-refractivity contribution >= 4 is 87.0 Å². The van der Waals surface area contributed by atoms with Crippen LogP contribution in [0.3, 0.4) is 0 Å². The lowest BCUT2D eigenvalue weighted by molar-refractivity contribution is 0.670. The van der Waals surface area contributed by atoms with Crippen molar-refractivity contribution in [2.24, 2.45) is 0 Å². The molecular formula is C52H30O2. The van der Waals surface area contributed by atoms with Crippen molar-refractivity contribution in [3.63, 3.8) is 0 Å². The Morgan fingerprint density at radius 3 is 1.20 bits per heavy atom. The summed E-state index contributed by atoms with van der Waals surface area (Å²) in [6.07, 6.45) is 0. The maximum absolute atomic E-state index is 6.80. The van der Waals surface area contributed by atoms with E-state index in [1.165, 1.54) is 54.2 Å². The average molecular weight is 687 g/mol. The highest BCUT2D eigenvalue weighted by molar-refractivity contribution is 6.27. The van der Waals surface area contributed by atoms with Gasteiger partial charge in [-0.3, -0.25) is 0 Å². The van der Waals surface area contributed by atoms with E-state index in [-0.39, 0.29) is 0 Å². The molecule has 0 aliphatic rings. The van der Waals surface area contributed by atoms with E-state index in [1.807, 2.05) is 12.1 Å². The van der Waals surface area contributed by atoms with Gasteiger partial charge >= 0.3 is 0 Å². The molecule has 0 atom stereocenters. The van der Waals surface area contributed by atoms with Crippen molar-refractivity contribution in [2.45, 2.75) is 0 Å². The Morgan fingerprint density at radius 2 is 0.685 bits per heavy atom. The van der Waals surface area contributed by atoms with E-state index in [9.17, 15) is 0 Å². The molecule has 0 fully saturated rings. The fourth-order valence-electron chi connectivity index (χ4n) is 9.10. The molecule has 12 rings (SSSR count). The molecular weight excluding hydrogens is 657 g/mol. The van der Waals surface area contributed by atoms with Crippen LogP contribution in [0, 0.1) is 0 Å². The van der Waals surface area contributed by atoms with Gasteiger partial charge < -0.3 is 8.83 Å². The van der Waals surface area contributed by atoms with Crippen molar-refractivity contribution < 1.29 is 8.83 Å². The van der Waals surface area contributed by atoms with E-state index in [2.05, 4.69) is 170 Å². The van der Waals surface area contributed by atoms with Crippen LogP contribution in [0.15, 0.2) is 191 Å². The molecule has 250 valence electrons. The van der Waals surface area contributed by atoms with E-state index in [4.69, 9.17) is 8.83 Å². The van der Waals surface area contributed by atoms with Crippen molar-refractivity contribution in [1.82, 2.24) is 0 Å². The Hall–Kier alpha value is -7.16. The van der Waals surface area contributed by atoms with Crippen LogP contribution in [0.1, 0.15) is 0 Å². The van der Waals surface area contributed by atoms with Crippen LogP contribution in [0.2, 0.25) is 0 Å². The summed E-state index contributed by atoms with van der Waals surface area (Å²) in [5.41, 5.74) is 10.5. The third kappa shape index (κ3) is 4.11. The lowest BCUT2D eigenvalue weighted by Gasteiger charge is -2.19. The summed E-state index contributed by atoms with van der Waals surface area (Å²) in [7, 11) is 0. The van der Waals surface area contributed by atoms with Gasteiger partial charge in [0.05, 0.1) is 0 Å². The summed E-state index contributed by atoms with van der Waals surface area (Å²) in [5.74, 6) is 0. The molecule has 0 amide bonds. The molecule has 0 bridgehead atoms. The SMILES string of the molecule is c1ccc(-c2c3cccc(-c4c5ccccc5cc5c4oc4ccccc45)c3cc3c(-c4c5ccccc5cc5c4oc4ccccc45)cccc23)cc1. The van der Waals surface area contributed by atoms with E-state index in [0.29, 0.717) is 0 Å². The largest absolute Gasteiger partial charge is 0.455 e. The molecule has 2 aromatic heterocycles. The van der Waals surface area contributed by atoms with Gasteiger partial charge in [0.15, 0.2) is 0 Å². The molecule has 12 aromatic rings. The van der Waals surface area contributed by atoms with E-state index in [1.54, 1.807) is 0 Å². The van der Waals surface area contributed by atoms with Gasteiger partial charge in [-0.05, 0) is 95.7 Å². The van der Waals surface area contributed by atoms with Crippen LogP contribution in [-0.4, -0.2) is 0 Å². The Morgan fingerprint density at radius 1 is 0.259 bits per heavy atom. The summed E-state index contributed by atoms with van der Waals surface area (Å²) in [6.45, 7) is 0. The van der Waals surface area contributed by atoms with Crippen molar-refractivity contribution in [2.75, 3.05) is 0 Å². The zero-order chi connectivity index (χ0) is 35.3. The van der Waals surface area contributed by atoms with Gasteiger partial charge in [0.25, 0.3) is 0 Å². The van der Waals surface area contributed by atoms with Crippen molar-refractivity contribution in [1.29, 1.82) is 0 Å². The van der Waals surface area contributed by atoms with E-state index >= 15 is 0 Å². The van der Waals surface area contributed by atoms with Crippen molar-refractivity contribution in [3.8, 4) is 33.4 Å². The fraction of sp³-hybridized carbons (Fsp3) is 0. The number of para-hydroxylation sites is 2. The fourth-order valence-corrected chi connectivity index (χ4v) is 9.10. The zero-order valence-corrected chi connectivity index (χ0v) is 29.1. The number of furan rings is 2. The van der Waals surface area contributed by atoms with Gasteiger partial charge in [0, 0.05) is 32.7 Å². The number of hydrogen-bond donors (Lipinski definition) is 0. The number of rotatable bonds is 3. The first-order chi connectivity index (χ1) is 26.8. The number of hydrogen-bond acceptors (Lipinski definition) is 2. The molecule has 2 heteroatoms. The topological polar surface area (TPSA) is 26.3 Å². The molecule has 0 N–H and O–H groups in total. The number of fused-ring (bicyclic) bond motifs is 10. The molecule has 54 heavy (non-hydrogen) atoms. The average Bonchev–Trinajstić information content (AvgIpc) is 3.79. The van der Waals surface area contributed by atoms with Crippen LogP contribution in [0.4, 0.5) is 0 Å². The highest BCUT2D eigenvalue weighted by atomic mass is 16.3. The Kier molecular flexibility index (Phi) is 6.09. The van der Waals surface area contributed by atoms with Crippen LogP contribution >= 0.6 is 0 Å². The van der Waals surface area contributed by atoms with Gasteiger partial charge in [-0.15, -0.1) is 0 Å². The Balaban J connectivity index is 1.28. The second kappa shape index (κ2) is 11.2. The van der Waals surface area contributed by atoms with Gasteiger partial charge in [-0.25, -0.2) is 0 Å². The molecule has 10 aromatic carbocycles. The van der Waals surface area contributed by atoms with Gasteiger partial charge in [0.1, 0.15) is 22.3 Å². The molecule has 2 heterocycles.